The third kappa shape index (κ3) is 3.16. The third-order valence-corrected chi connectivity index (χ3v) is 5.19. The van der Waals surface area contributed by atoms with E-state index in [4.69, 9.17) is 0 Å². The van der Waals surface area contributed by atoms with Crippen molar-refractivity contribution in [2.75, 3.05) is 0 Å². The van der Waals surface area contributed by atoms with Crippen LogP contribution in [0.5, 0.6) is 0 Å². The van der Waals surface area contributed by atoms with E-state index in [9.17, 15) is 18.4 Å². The van der Waals surface area contributed by atoms with Gasteiger partial charge < -0.3 is 4.98 Å². The van der Waals surface area contributed by atoms with Crippen molar-refractivity contribution in [2.45, 2.75) is 44.3 Å². The highest BCUT2D eigenvalue weighted by Gasteiger charge is 2.40. The maximum absolute atomic E-state index is 13.7. The van der Waals surface area contributed by atoms with Crippen LogP contribution < -0.4 is 0 Å². The monoisotopic (exact) mass is 374 g/mol. The van der Waals surface area contributed by atoms with E-state index in [0.717, 1.165) is 25.7 Å². The highest BCUT2D eigenvalue weighted by atomic mass is 19.4. The molecule has 0 radical (unpaired) electrons. The summed E-state index contributed by atoms with van der Waals surface area (Å²) in [6.07, 6.45) is 3.60. The molecule has 3 heterocycles. The summed E-state index contributed by atoms with van der Waals surface area (Å²) in [5.74, 6) is 0.163. The summed E-state index contributed by atoms with van der Waals surface area (Å²) in [6.45, 7) is 0. The predicted octanol–water partition coefficient (Wildman–Crippen LogP) is 4.49. The summed E-state index contributed by atoms with van der Waals surface area (Å²) in [5, 5.41) is 13.6. The highest BCUT2D eigenvalue weighted by Crippen LogP contribution is 2.41. The number of nitriles is 1. The van der Waals surface area contributed by atoms with Gasteiger partial charge in [0, 0.05) is 17.8 Å². The van der Waals surface area contributed by atoms with Gasteiger partial charge in [-0.05, 0) is 24.8 Å². The molecule has 27 heavy (non-hydrogen) atoms. The van der Waals surface area contributed by atoms with Crippen LogP contribution in [0.2, 0.25) is 0 Å². The molecule has 0 saturated heterocycles. The van der Waals surface area contributed by atoms with E-state index in [0.29, 0.717) is 11.0 Å². The van der Waals surface area contributed by atoms with Gasteiger partial charge in [-0.15, -0.1) is 0 Å². The topological polar surface area (TPSA) is 83.2 Å². The van der Waals surface area contributed by atoms with E-state index in [1.165, 1.54) is 17.2 Å². The maximum atomic E-state index is 13.7. The number of nitrogens with zero attached hydrogens (tertiary/aromatic N) is 5. The van der Waals surface area contributed by atoms with Crippen molar-refractivity contribution in [3.63, 3.8) is 0 Å². The maximum Gasteiger partial charge on any atom is 0.435 e. The van der Waals surface area contributed by atoms with Crippen molar-refractivity contribution < 1.29 is 13.2 Å². The van der Waals surface area contributed by atoms with Gasteiger partial charge in [0.25, 0.3) is 0 Å². The molecule has 0 bridgehead atoms. The first-order valence-electron chi connectivity index (χ1n) is 8.81. The Morgan fingerprint density at radius 1 is 1.30 bits per heavy atom. The second-order valence-corrected chi connectivity index (χ2v) is 6.81. The first kappa shape index (κ1) is 17.5. The normalized spacial score (nSPS) is 16.7. The van der Waals surface area contributed by atoms with Gasteiger partial charge in [-0.25, -0.2) is 9.97 Å². The number of nitrogens with one attached hydrogen (secondary N) is 1. The van der Waals surface area contributed by atoms with E-state index in [-0.39, 0.29) is 29.6 Å². The number of aromatic nitrogens is 5. The smallest absolute Gasteiger partial charge is 0.346 e. The highest BCUT2D eigenvalue weighted by molar-refractivity contribution is 5.91. The van der Waals surface area contributed by atoms with Gasteiger partial charge >= 0.3 is 6.18 Å². The number of hydrogen-bond acceptors (Lipinski definition) is 4. The van der Waals surface area contributed by atoms with E-state index >= 15 is 0 Å². The summed E-state index contributed by atoms with van der Waals surface area (Å²) in [7, 11) is 0. The van der Waals surface area contributed by atoms with Gasteiger partial charge in [-0.1, -0.05) is 12.8 Å². The molecule has 9 heteroatoms. The lowest BCUT2D eigenvalue weighted by molar-refractivity contribution is -0.141. The molecule has 1 N–H and O–H groups in total. The van der Waals surface area contributed by atoms with E-state index in [1.54, 1.807) is 12.3 Å². The zero-order valence-electron chi connectivity index (χ0n) is 14.4. The van der Waals surface area contributed by atoms with Crippen LogP contribution in [0.4, 0.5) is 13.2 Å². The van der Waals surface area contributed by atoms with E-state index in [1.807, 2.05) is 0 Å². The second-order valence-electron chi connectivity index (χ2n) is 6.81. The number of rotatable bonds is 4. The molecule has 1 fully saturated rings. The van der Waals surface area contributed by atoms with Crippen molar-refractivity contribution >= 4 is 11.0 Å². The molecular formula is C18H17F3N6. The molecular weight excluding hydrogens is 357 g/mol. The summed E-state index contributed by atoms with van der Waals surface area (Å²) in [5.41, 5.74) is -0.424. The second kappa shape index (κ2) is 6.68. The zero-order chi connectivity index (χ0) is 19.0. The van der Waals surface area contributed by atoms with Crippen molar-refractivity contribution in [1.82, 2.24) is 24.7 Å². The molecule has 0 spiro atoms. The van der Waals surface area contributed by atoms with Gasteiger partial charge in [-0.3, -0.25) is 4.68 Å². The van der Waals surface area contributed by atoms with Crippen LogP contribution >= 0.6 is 0 Å². The number of H-pyrrole nitrogens is 1. The Labute approximate surface area is 153 Å². The van der Waals surface area contributed by atoms with E-state index < -0.39 is 11.9 Å². The quantitative estimate of drug-likeness (QED) is 0.730. The van der Waals surface area contributed by atoms with Crippen LogP contribution in [-0.4, -0.2) is 24.7 Å². The summed E-state index contributed by atoms with van der Waals surface area (Å²) in [4.78, 5) is 11.0. The molecule has 3 aromatic rings. The Bertz CT molecular complexity index is 991. The number of aromatic amines is 1. The van der Waals surface area contributed by atoms with Crippen molar-refractivity contribution in [2.24, 2.45) is 5.92 Å². The lowest BCUT2D eigenvalue weighted by Crippen LogP contribution is -2.19. The summed E-state index contributed by atoms with van der Waals surface area (Å²) >= 11 is 0. The molecule has 1 atom stereocenters. The Kier molecular flexibility index (Phi) is 4.34. The van der Waals surface area contributed by atoms with Crippen molar-refractivity contribution in [1.29, 1.82) is 5.26 Å². The average molecular weight is 374 g/mol. The molecule has 1 saturated carbocycles. The Morgan fingerprint density at radius 2 is 2.07 bits per heavy atom. The van der Waals surface area contributed by atoms with Crippen LogP contribution in [0.15, 0.2) is 24.8 Å². The van der Waals surface area contributed by atoms with Crippen LogP contribution in [0.3, 0.4) is 0 Å². The van der Waals surface area contributed by atoms with Crippen LogP contribution in [0.1, 0.15) is 43.8 Å². The molecule has 3 aromatic heterocycles. The largest absolute Gasteiger partial charge is 0.435 e. The van der Waals surface area contributed by atoms with Gasteiger partial charge in [0.1, 0.15) is 12.0 Å². The fraction of sp³-hybridized carbons (Fsp3) is 0.444. The molecule has 0 aromatic carbocycles. The number of halogens is 3. The van der Waals surface area contributed by atoms with Crippen LogP contribution in [0.25, 0.3) is 22.3 Å². The Balaban J connectivity index is 1.86. The minimum atomic E-state index is -4.62. The lowest BCUT2D eigenvalue weighted by Gasteiger charge is -2.21. The molecule has 0 amide bonds. The third-order valence-electron chi connectivity index (χ3n) is 5.19. The first-order chi connectivity index (χ1) is 13.0. The van der Waals surface area contributed by atoms with Gasteiger partial charge in [-0.2, -0.15) is 23.5 Å². The molecule has 1 unspecified atom stereocenters. The fourth-order valence-electron chi connectivity index (χ4n) is 3.94. The van der Waals surface area contributed by atoms with Crippen LogP contribution in [-0.2, 0) is 6.18 Å². The molecule has 0 aliphatic heterocycles. The van der Waals surface area contributed by atoms with Gasteiger partial charge in [0.05, 0.1) is 29.8 Å². The van der Waals surface area contributed by atoms with Crippen LogP contribution in [0, 0.1) is 17.2 Å². The molecule has 140 valence electrons. The molecule has 6 nitrogen and oxygen atoms in total. The molecule has 4 rings (SSSR count). The SMILES string of the molecule is N#CCC(C1CCCC1)n1cc(-c2ncnc3[nH]ccc23)c(C(F)(F)F)n1. The van der Waals surface area contributed by atoms with E-state index in [2.05, 4.69) is 26.1 Å². The van der Waals surface area contributed by atoms with Gasteiger partial charge in [0.2, 0.25) is 0 Å². The Morgan fingerprint density at radius 3 is 2.78 bits per heavy atom. The zero-order valence-corrected chi connectivity index (χ0v) is 14.4. The summed E-state index contributed by atoms with van der Waals surface area (Å²) < 4.78 is 42.5. The number of fused-ring (bicyclic) bond motifs is 1. The van der Waals surface area contributed by atoms with Crippen molar-refractivity contribution in [3.8, 4) is 17.3 Å². The van der Waals surface area contributed by atoms with Gasteiger partial charge in [0.15, 0.2) is 5.69 Å². The minimum absolute atomic E-state index is 0.0876. The number of hydrogen-bond donors (Lipinski definition) is 1. The van der Waals surface area contributed by atoms with Crippen molar-refractivity contribution in [3.05, 3.63) is 30.5 Å². The standard InChI is InChI=1S/C18H17F3N6/c19-18(20,21)16-13(15-12-6-8-23-17(12)25-10-24-15)9-27(26-16)14(5-7-22)11-3-1-2-4-11/h6,8-11,14H,1-5H2,(H,23,24,25). The summed E-state index contributed by atoms with van der Waals surface area (Å²) in [6, 6.07) is 3.38. The Hall–Kier alpha value is -2.89. The first-order valence-corrected chi connectivity index (χ1v) is 8.81. The molecule has 1 aliphatic carbocycles. The predicted molar refractivity (Wildman–Crippen MR) is 91.3 cm³/mol. The fourth-order valence-corrected chi connectivity index (χ4v) is 3.94. The minimum Gasteiger partial charge on any atom is -0.346 e. The molecule has 1 aliphatic rings. The average Bonchev–Trinajstić information content (AvgIpc) is 3.38. The lowest BCUT2D eigenvalue weighted by atomic mass is 9.96. The number of alkyl halides is 3.